The molecule has 1 aliphatic heterocycles. The van der Waals surface area contributed by atoms with E-state index in [1.807, 2.05) is 0 Å². The van der Waals surface area contributed by atoms with Gasteiger partial charge in [0.2, 0.25) is 0 Å². The molecule has 0 amide bonds. The predicted octanol–water partition coefficient (Wildman–Crippen LogP) is 1.15. The minimum atomic E-state index is 0.459. The van der Waals surface area contributed by atoms with Crippen LogP contribution >= 0.6 is 0 Å². The highest BCUT2D eigenvalue weighted by Crippen LogP contribution is 2.55. The van der Waals surface area contributed by atoms with Crippen molar-refractivity contribution in [2.45, 2.75) is 32.3 Å². The lowest BCUT2D eigenvalue weighted by Gasteiger charge is -2.23. The standard InChI is InChI=1S/C9H17NO/c1-7-8(2-5-11-7)9(6-10)3-4-9/h7-8H,2-6,10H2,1H3. The van der Waals surface area contributed by atoms with Crippen LogP contribution in [0.25, 0.3) is 0 Å². The number of ether oxygens (including phenoxy) is 1. The molecule has 0 aromatic rings. The molecule has 0 spiro atoms. The van der Waals surface area contributed by atoms with Crippen LogP contribution in [0, 0.1) is 11.3 Å². The first-order valence-electron chi connectivity index (χ1n) is 4.60. The van der Waals surface area contributed by atoms with E-state index in [1.165, 1.54) is 19.3 Å². The van der Waals surface area contributed by atoms with Crippen LogP contribution in [0.1, 0.15) is 26.2 Å². The van der Waals surface area contributed by atoms with Gasteiger partial charge < -0.3 is 10.5 Å². The predicted molar refractivity (Wildman–Crippen MR) is 44.2 cm³/mol. The third kappa shape index (κ3) is 1.09. The Morgan fingerprint density at radius 3 is 2.64 bits per heavy atom. The van der Waals surface area contributed by atoms with Crippen LogP contribution in [0.15, 0.2) is 0 Å². The van der Waals surface area contributed by atoms with Gasteiger partial charge in [-0.3, -0.25) is 0 Å². The highest BCUT2D eigenvalue weighted by molar-refractivity contribution is 5.02. The van der Waals surface area contributed by atoms with Gasteiger partial charge in [-0.2, -0.15) is 0 Å². The van der Waals surface area contributed by atoms with E-state index >= 15 is 0 Å². The molecular formula is C9H17NO. The lowest BCUT2D eigenvalue weighted by atomic mass is 9.84. The SMILES string of the molecule is CC1OCCC1C1(CN)CC1. The minimum absolute atomic E-state index is 0.459. The molecule has 2 N–H and O–H groups in total. The Morgan fingerprint density at radius 1 is 1.55 bits per heavy atom. The van der Waals surface area contributed by atoms with Crippen molar-refractivity contribution in [3.63, 3.8) is 0 Å². The van der Waals surface area contributed by atoms with Crippen LogP contribution in [-0.4, -0.2) is 19.3 Å². The van der Waals surface area contributed by atoms with E-state index in [4.69, 9.17) is 10.5 Å². The summed E-state index contributed by atoms with van der Waals surface area (Å²) in [6.45, 7) is 4.01. The maximum atomic E-state index is 5.76. The molecule has 0 radical (unpaired) electrons. The molecule has 2 heteroatoms. The normalized spacial score (nSPS) is 40.9. The summed E-state index contributed by atoms with van der Waals surface area (Å²) in [4.78, 5) is 0. The van der Waals surface area contributed by atoms with Crippen molar-refractivity contribution in [2.24, 2.45) is 17.1 Å². The molecule has 1 heterocycles. The fraction of sp³-hybridized carbons (Fsp3) is 1.00. The van der Waals surface area contributed by atoms with Gasteiger partial charge >= 0.3 is 0 Å². The van der Waals surface area contributed by atoms with Crippen LogP contribution < -0.4 is 5.73 Å². The number of rotatable bonds is 2. The second-order valence-corrected chi connectivity index (χ2v) is 4.04. The summed E-state index contributed by atoms with van der Waals surface area (Å²) in [5.74, 6) is 0.757. The molecule has 1 saturated heterocycles. The molecule has 1 saturated carbocycles. The van der Waals surface area contributed by atoms with Crippen molar-refractivity contribution in [3.05, 3.63) is 0 Å². The lowest BCUT2D eigenvalue weighted by Crippen LogP contribution is -2.29. The van der Waals surface area contributed by atoms with Gasteiger partial charge in [0.25, 0.3) is 0 Å². The number of hydrogen-bond acceptors (Lipinski definition) is 2. The summed E-state index contributed by atoms with van der Waals surface area (Å²) in [5, 5.41) is 0. The van der Waals surface area contributed by atoms with Crippen molar-refractivity contribution < 1.29 is 4.74 Å². The monoisotopic (exact) mass is 155 g/mol. The van der Waals surface area contributed by atoms with Gasteiger partial charge in [0.05, 0.1) is 6.10 Å². The van der Waals surface area contributed by atoms with Crippen molar-refractivity contribution >= 4 is 0 Å². The fourth-order valence-electron chi connectivity index (χ4n) is 2.42. The summed E-state index contributed by atoms with van der Waals surface area (Å²) < 4.78 is 5.54. The number of hydrogen-bond donors (Lipinski definition) is 1. The number of nitrogens with two attached hydrogens (primary N) is 1. The molecular weight excluding hydrogens is 138 g/mol. The summed E-state index contributed by atoms with van der Waals surface area (Å²) >= 11 is 0. The smallest absolute Gasteiger partial charge is 0.0581 e. The second kappa shape index (κ2) is 2.46. The van der Waals surface area contributed by atoms with E-state index in [-0.39, 0.29) is 0 Å². The molecule has 0 aromatic heterocycles. The van der Waals surface area contributed by atoms with Crippen LogP contribution in [0.4, 0.5) is 0 Å². The topological polar surface area (TPSA) is 35.2 Å². The van der Waals surface area contributed by atoms with E-state index in [9.17, 15) is 0 Å². The third-order valence-electron chi connectivity index (χ3n) is 3.46. The van der Waals surface area contributed by atoms with Gasteiger partial charge in [0.15, 0.2) is 0 Å². The Hall–Kier alpha value is -0.0800. The lowest BCUT2D eigenvalue weighted by molar-refractivity contribution is 0.0861. The van der Waals surface area contributed by atoms with Gasteiger partial charge in [-0.1, -0.05) is 0 Å². The zero-order chi connectivity index (χ0) is 7.90. The quantitative estimate of drug-likeness (QED) is 0.649. The Kier molecular flexibility index (Phi) is 1.69. The second-order valence-electron chi connectivity index (χ2n) is 4.04. The van der Waals surface area contributed by atoms with Gasteiger partial charge in [-0.25, -0.2) is 0 Å². The maximum absolute atomic E-state index is 5.76. The van der Waals surface area contributed by atoms with Crippen molar-refractivity contribution in [1.82, 2.24) is 0 Å². The average Bonchev–Trinajstić information content (AvgIpc) is 2.70. The first-order chi connectivity index (χ1) is 5.28. The summed E-state index contributed by atoms with van der Waals surface area (Å²) in [6, 6.07) is 0. The minimum Gasteiger partial charge on any atom is -0.378 e. The van der Waals surface area contributed by atoms with Gasteiger partial charge in [0.1, 0.15) is 0 Å². The molecule has 2 aliphatic rings. The van der Waals surface area contributed by atoms with Gasteiger partial charge in [0, 0.05) is 6.61 Å². The fourth-order valence-corrected chi connectivity index (χ4v) is 2.42. The molecule has 64 valence electrons. The zero-order valence-corrected chi connectivity index (χ0v) is 7.18. The first kappa shape index (κ1) is 7.56. The third-order valence-corrected chi connectivity index (χ3v) is 3.46. The maximum Gasteiger partial charge on any atom is 0.0581 e. The Bertz CT molecular complexity index is 154. The van der Waals surface area contributed by atoms with Crippen LogP contribution in [0.5, 0.6) is 0 Å². The molecule has 2 rings (SSSR count). The summed E-state index contributed by atoms with van der Waals surface area (Å²) in [6.07, 6.45) is 4.36. The van der Waals surface area contributed by atoms with E-state index in [0.29, 0.717) is 11.5 Å². The van der Waals surface area contributed by atoms with Crippen molar-refractivity contribution in [3.8, 4) is 0 Å². The van der Waals surface area contributed by atoms with Gasteiger partial charge in [-0.05, 0) is 44.1 Å². The van der Waals surface area contributed by atoms with Crippen LogP contribution in [0.2, 0.25) is 0 Å². The first-order valence-corrected chi connectivity index (χ1v) is 4.60. The molecule has 0 bridgehead atoms. The van der Waals surface area contributed by atoms with Crippen LogP contribution in [-0.2, 0) is 4.74 Å². The van der Waals surface area contributed by atoms with Gasteiger partial charge in [-0.15, -0.1) is 0 Å². The molecule has 2 fully saturated rings. The molecule has 2 unspecified atom stereocenters. The largest absolute Gasteiger partial charge is 0.378 e. The Morgan fingerprint density at radius 2 is 2.27 bits per heavy atom. The Labute approximate surface area is 68.1 Å². The summed E-state index contributed by atoms with van der Waals surface area (Å²) in [5.41, 5.74) is 6.25. The molecule has 1 aliphatic carbocycles. The van der Waals surface area contributed by atoms with E-state index in [0.717, 1.165) is 19.1 Å². The highest BCUT2D eigenvalue weighted by atomic mass is 16.5. The Balaban J connectivity index is 2.03. The highest BCUT2D eigenvalue weighted by Gasteiger charge is 2.51. The zero-order valence-electron chi connectivity index (χ0n) is 7.18. The van der Waals surface area contributed by atoms with E-state index in [1.54, 1.807) is 0 Å². The van der Waals surface area contributed by atoms with Crippen molar-refractivity contribution in [1.29, 1.82) is 0 Å². The summed E-state index contributed by atoms with van der Waals surface area (Å²) in [7, 11) is 0. The van der Waals surface area contributed by atoms with Crippen molar-refractivity contribution in [2.75, 3.05) is 13.2 Å². The van der Waals surface area contributed by atoms with Crippen LogP contribution in [0.3, 0.4) is 0 Å². The molecule has 11 heavy (non-hydrogen) atoms. The van der Waals surface area contributed by atoms with E-state index in [2.05, 4.69) is 6.92 Å². The van der Waals surface area contributed by atoms with E-state index < -0.39 is 0 Å². The molecule has 2 atom stereocenters. The molecule has 2 nitrogen and oxygen atoms in total. The molecule has 0 aromatic carbocycles. The average molecular weight is 155 g/mol.